The molecule has 0 aliphatic carbocycles. The van der Waals surface area contributed by atoms with E-state index in [1.165, 1.54) is 44.6 Å². The summed E-state index contributed by atoms with van der Waals surface area (Å²) in [5.41, 5.74) is 0.118. The Morgan fingerprint density at radius 1 is 0.967 bits per heavy atom. The van der Waals surface area contributed by atoms with Crippen molar-refractivity contribution in [3.05, 3.63) is 42.5 Å². The van der Waals surface area contributed by atoms with Crippen molar-refractivity contribution >= 4 is 35.4 Å². The van der Waals surface area contributed by atoms with Gasteiger partial charge in [-0.1, -0.05) is 6.07 Å². The van der Waals surface area contributed by atoms with Crippen molar-refractivity contribution in [3.8, 4) is 11.5 Å². The predicted octanol–water partition coefficient (Wildman–Crippen LogP) is 1.47. The highest BCUT2D eigenvalue weighted by Gasteiger charge is 2.38. The first-order valence-corrected chi connectivity index (χ1v) is 13.6. The molecule has 0 spiro atoms. The third-order valence-electron chi connectivity index (χ3n) is 4.72. The maximum absolute atomic E-state index is 12.9. The Labute approximate surface area is 175 Å². The monoisotopic (exact) mass is 475 g/mol. The number of sulfone groups is 2. The summed E-state index contributed by atoms with van der Waals surface area (Å²) in [6, 6.07) is 9.38. The standard InChI is InChI=1S/C18H21NO8S3/c1-26-13-6-7-18(27-2)17(10-13)19-30(24,25)15-5-3-4-14(11-15)29(22,23)16-8-9-28(20,21)12-16/h3-7,10-11,16,19H,8-9,12H2,1-2H3/t16-/m1/s1. The van der Waals surface area contributed by atoms with E-state index in [9.17, 15) is 25.3 Å². The van der Waals surface area contributed by atoms with Crippen LogP contribution in [0.4, 0.5) is 5.69 Å². The minimum absolute atomic E-state index is 0.0130. The third kappa shape index (κ3) is 4.55. The average molecular weight is 476 g/mol. The van der Waals surface area contributed by atoms with Gasteiger partial charge < -0.3 is 9.47 Å². The van der Waals surface area contributed by atoms with Gasteiger partial charge in [-0.05, 0) is 36.8 Å². The fraction of sp³-hybridized carbons (Fsp3) is 0.333. The summed E-state index contributed by atoms with van der Waals surface area (Å²) in [6.45, 7) is 0. The van der Waals surface area contributed by atoms with Gasteiger partial charge in [0.15, 0.2) is 19.7 Å². The van der Waals surface area contributed by atoms with Crippen molar-refractivity contribution in [2.24, 2.45) is 0 Å². The molecule has 1 fully saturated rings. The lowest BCUT2D eigenvalue weighted by Gasteiger charge is -2.14. The molecule has 0 saturated carbocycles. The molecular weight excluding hydrogens is 454 g/mol. The van der Waals surface area contributed by atoms with Crippen LogP contribution in [-0.4, -0.2) is 56.2 Å². The first-order chi connectivity index (χ1) is 14.0. The van der Waals surface area contributed by atoms with Gasteiger partial charge in [0, 0.05) is 6.07 Å². The Hall–Kier alpha value is -2.31. The van der Waals surface area contributed by atoms with Crippen molar-refractivity contribution in [1.82, 2.24) is 0 Å². The quantitative estimate of drug-likeness (QED) is 0.636. The van der Waals surface area contributed by atoms with Crippen LogP contribution in [0.1, 0.15) is 6.42 Å². The van der Waals surface area contributed by atoms with Crippen molar-refractivity contribution < 1.29 is 34.7 Å². The molecule has 9 nitrogen and oxygen atoms in total. The lowest BCUT2D eigenvalue weighted by molar-refractivity contribution is 0.405. The number of sulfonamides is 1. The summed E-state index contributed by atoms with van der Waals surface area (Å²) in [5, 5.41) is -1.09. The largest absolute Gasteiger partial charge is 0.497 e. The topological polar surface area (TPSA) is 133 Å². The van der Waals surface area contributed by atoms with Crippen LogP contribution in [0.15, 0.2) is 52.3 Å². The highest BCUT2D eigenvalue weighted by Crippen LogP contribution is 2.32. The number of anilines is 1. The Morgan fingerprint density at radius 2 is 1.67 bits per heavy atom. The van der Waals surface area contributed by atoms with E-state index in [0.717, 1.165) is 6.07 Å². The molecule has 2 aromatic rings. The zero-order valence-electron chi connectivity index (χ0n) is 16.2. The summed E-state index contributed by atoms with van der Waals surface area (Å²) >= 11 is 0. The Balaban J connectivity index is 1.96. The number of hydrogen-bond acceptors (Lipinski definition) is 8. The van der Waals surface area contributed by atoms with E-state index in [1.807, 2.05) is 0 Å². The number of hydrogen-bond donors (Lipinski definition) is 1. The lowest BCUT2D eigenvalue weighted by Crippen LogP contribution is -2.23. The zero-order chi connectivity index (χ0) is 22.2. The molecule has 0 bridgehead atoms. The Bertz CT molecular complexity index is 1270. The maximum Gasteiger partial charge on any atom is 0.262 e. The summed E-state index contributed by atoms with van der Waals surface area (Å²) in [6.07, 6.45) is -0.0130. The number of rotatable bonds is 7. The van der Waals surface area contributed by atoms with E-state index in [-0.39, 0.29) is 33.4 Å². The summed E-state index contributed by atoms with van der Waals surface area (Å²) in [7, 11) is -8.78. The second-order valence-electron chi connectivity index (χ2n) is 6.72. The molecule has 3 rings (SSSR count). The van der Waals surface area contributed by atoms with Crippen LogP contribution in [0.2, 0.25) is 0 Å². The first kappa shape index (κ1) is 22.4. The first-order valence-electron chi connectivity index (χ1n) is 8.78. The van der Waals surface area contributed by atoms with E-state index in [0.29, 0.717) is 5.75 Å². The van der Waals surface area contributed by atoms with Gasteiger partial charge in [0.25, 0.3) is 10.0 Å². The van der Waals surface area contributed by atoms with E-state index in [2.05, 4.69) is 4.72 Å². The third-order valence-corrected chi connectivity index (χ3v) is 10.3. The number of ether oxygens (including phenoxy) is 2. The van der Waals surface area contributed by atoms with Gasteiger partial charge in [0.1, 0.15) is 11.5 Å². The summed E-state index contributed by atoms with van der Waals surface area (Å²) in [5.74, 6) is -0.0240. The number of benzene rings is 2. The van der Waals surface area contributed by atoms with E-state index < -0.39 is 40.7 Å². The van der Waals surface area contributed by atoms with Gasteiger partial charge >= 0.3 is 0 Å². The SMILES string of the molecule is COc1ccc(OC)c(NS(=O)(=O)c2cccc(S(=O)(=O)[C@@H]3CCS(=O)(=O)C3)c2)c1. The van der Waals surface area contributed by atoms with Gasteiger partial charge in [-0.25, -0.2) is 25.3 Å². The van der Waals surface area contributed by atoms with Gasteiger partial charge in [-0.15, -0.1) is 0 Å². The molecular formula is C18H21NO8S3. The normalized spacial score (nSPS) is 18.7. The highest BCUT2D eigenvalue weighted by atomic mass is 32.2. The molecule has 0 radical (unpaired) electrons. The van der Waals surface area contributed by atoms with Crippen LogP contribution in [0.5, 0.6) is 11.5 Å². The minimum Gasteiger partial charge on any atom is -0.497 e. The van der Waals surface area contributed by atoms with Gasteiger partial charge in [-0.3, -0.25) is 4.72 Å². The molecule has 12 heteroatoms. The van der Waals surface area contributed by atoms with Gasteiger partial charge in [-0.2, -0.15) is 0 Å². The molecule has 1 aliphatic rings. The molecule has 1 saturated heterocycles. The summed E-state index contributed by atoms with van der Waals surface area (Å²) in [4.78, 5) is -0.528. The Kier molecular flexibility index (Phi) is 6.03. The van der Waals surface area contributed by atoms with E-state index in [1.54, 1.807) is 6.07 Å². The smallest absolute Gasteiger partial charge is 0.262 e. The molecule has 164 valence electrons. The van der Waals surface area contributed by atoms with Crippen molar-refractivity contribution in [3.63, 3.8) is 0 Å². The minimum atomic E-state index is -4.17. The predicted molar refractivity (Wildman–Crippen MR) is 111 cm³/mol. The lowest BCUT2D eigenvalue weighted by atomic mass is 10.3. The van der Waals surface area contributed by atoms with Gasteiger partial charge in [0.05, 0.1) is 46.5 Å². The molecule has 2 aromatic carbocycles. The molecule has 1 N–H and O–H groups in total. The molecule has 1 aliphatic heterocycles. The summed E-state index contributed by atoms with van der Waals surface area (Å²) < 4.78 is 87.4. The van der Waals surface area contributed by atoms with Crippen LogP contribution >= 0.6 is 0 Å². The average Bonchev–Trinajstić information content (AvgIpc) is 3.08. The second kappa shape index (κ2) is 8.08. The fourth-order valence-corrected chi connectivity index (χ4v) is 8.70. The zero-order valence-corrected chi connectivity index (χ0v) is 18.7. The number of nitrogens with one attached hydrogen (secondary N) is 1. The van der Waals surface area contributed by atoms with Gasteiger partial charge in [0.2, 0.25) is 0 Å². The van der Waals surface area contributed by atoms with Crippen molar-refractivity contribution in [2.45, 2.75) is 21.5 Å². The molecule has 1 heterocycles. The van der Waals surface area contributed by atoms with Crippen LogP contribution in [0.25, 0.3) is 0 Å². The van der Waals surface area contributed by atoms with E-state index in [4.69, 9.17) is 9.47 Å². The van der Waals surface area contributed by atoms with Crippen LogP contribution in [-0.2, 0) is 29.7 Å². The number of methoxy groups -OCH3 is 2. The molecule has 30 heavy (non-hydrogen) atoms. The van der Waals surface area contributed by atoms with Crippen molar-refractivity contribution in [1.29, 1.82) is 0 Å². The molecule has 0 unspecified atom stereocenters. The molecule has 1 atom stereocenters. The second-order valence-corrected chi connectivity index (χ2v) is 12.9. The highest BCUT2D eigenvalue weighted by molar-refractivity contribution is 7.96. The molecule has 0 amide bonds. The Morgan fingerprint density at radius 3 is 2.27 bits per heavy atom. The molecule has 0 aromatic heterocycles. The van der Waals surface area contributed by atoms with Crippen LogP contribution < -0.4 is 14.2 Å². The van der Waals surface area contributed by atoms with Crippen LogP contribution in [0, 0.1) is 0 Å². The fourth-order valence-electron chi connectivity index (χ4n) is 3.11. The van der Waals surface area contributed by atoms with Crippen LogP contribution in [0.3, 0.4) is 0 Å². The van der Waals surface area contributed by atoms with Crippen molar-refractivity contribution in [2.75, 3.05) is 30.4 Å². The van der Waals surface area contributed by atoms with E-state index >= 15 is 0 Å². The maximum atomic E-state index is 12.9.